The van der Waals surface area contributed by atoms with Gasteiger partial charge in [-0.15, -0.1) is 0 Å². The number of carbonyl (C=O) groups excluding carboxylic acids is 1. The lowest BCUT2D eigenvalue weighted by molar-refractivity contribution is -0.158. The van der Waals surface area contributed by atoms with E-state index < -0.39 is 11.5 Å². The average Bonchev–Trinajstić information content (AvgIpc) is 2.24. The number of rotatable bonds is 6. The van der Waals surface area contributed by atoms with Crippen LogP contribution in [-0.4, -0.2) is 40.5 Å². The summed E-state index contributed by atoms with van der Waals surface area (Å²) in [5.41, 5.74) is 4.47. The number of likely N-dealkylation sites (N-methyl/N-ethyl adjacent to an activating group) is 1. The van der Waals surface area contributed by atoms with E-state index in [1.54, 1.807) is 20.8 Å². The Balaban J connectivity index is 5.17. The first-order chi connectivity index (χ1) is 8.47. The highest BCUT2D eigenvalue weighted by Crippen LogP contribution is 2.27. The van der Waals surface area contributed by atoms with E-state index in [4.69, 9.17) is 5.73 Å². The van der Waals surface area contributed by atoms with Crippen LogP contribution in [0.4, 0.5) is 0 Å². The van der Waals surface area contributed by atoms with Crippen LogP contribution in [0.5, 0.6) is 0 Å². The Labute approximate surface area is 116 Å². The molecule has 1 atom stereocenters. The SMILES string of the molecule is CCN(C(=O)C(CN)CC(C)(C)C)C(C)(C)C(=O)O. The van der Waals surface area contributed by atoms with Gasteiger partial charge in [-0.05, 0) is 32.6 Å². The Morgan fingerprint density at radius 3 is 1.95 bits per heavy atom. The first kappa shape index (κ1) is 17.9. The molecule has 0 heterocycles. The molecule has 5 heteroatoms. The van der Waals surface area contributed by atoms with Gasteiger partial charge in [0.1, 0.15) is 5.54 Å². The second-order valence-electron chi connectivity index (χ2n) is 6.64. The summed E-state index contributed by atoms with van der Waals surface area (Å²) in [7, 11) is 0. The zero-order valence-electron chi connectivity index (χ0n) is 13.0. The monoisotopic (exact) mass is 272 g/mol. The number of aliphatic carboxylic acids is 1. The van der Waals surface area contributed by atoms with Gasteiger partial charge in [-0.25, -0.2) is 4.79 Å². The highest BCUT2D eigenvalue weighted by atomic mass is 16.4. The summed E-state index contributed by atoms with van der Waals surface area (Å²) >= 11 is 0. The minimum atomic E-state index is -1.21. The van der Waals surface area contributed by atoms with E-state index in [0.29, 0.717) is 13.0 Å². The van der Waals surface area contributed by atoms with Crippen LogP contribution in [0.2, 0.25) is 0 Å². The lowest BCUT2D eigenvalue weighted by atomic mass is 9.83. The smallest absolute Gasteiger partial charge is 0.329 e. The summed E-state index contributed by atoms with van der Waals surface area (Å²) in [5.74, 6) is -1.51. The minimum absolute atomic E-state index is 0.0214. The second-order valence-corrected chi connectivity index (χ2v) is 6.64. The molecule has 1 unspecified atom stereocenters. The lowest BCUT2D eigenvalue weighted by Crippen LogP contribution is -2.55. The molecule has 1 amide bonds. The van der Waals surface area contributed by atoms with Crippen LogP contribution >= 0.6 is 0 Å². The van der Waals surface area contributed by atoms with Gasteiger partial charge < -0.3 is 15.7 Å². The molecule has 112 valence electrons. The van der Waals surface area contributed by atoms with Crippen molar-refractivity contribution >= 4 is 11.9 Å². The van der Waals surface area contributed by atoms with Crippen molar-refractivity contribution in [1.29, 1.82) is 0 Å². The standard InChI is InChI=1S/C14H28N2O3/c1-7-16(14(5,6)12(18)19)11(17)10(9-15)8-13(2,3)4/h10H,7-9,15H2,1-6H3,(H,18,19). The Morgan fingerprint density at radius 2 is 1.68 bits per heavy atom. The van der Waals surface area contributed by atoms with Gasteiger partial charge in [0.25, 0.3) is 0 Å². The fourth-order valence-corrected chi connectivity index (χ4v) is 2.17. The topological polar surface area (TPSA) is 83.6 Å². The largest absolute Gasteiger partial charge is 0.480 e. The molecule has 0 saturated carbocycles. The van der Waals surface area contributed by atoms with E-state index >= 15 is 0 Å². The van der Waals surface area contributed by atoms with E-state index in [1.165, 1.54) is 4.90 Å². The summed E-state index contributed by atoms with van der Waals surface area (Å²) in [5, 5.41) is 9.25. The van der Waals surface area contributed by atoms with Crippen LogP contribution in [0.15, 0.2) is 0 Å². The van der Waals surface area contributed by atoms with Crippen LogP contribution in [0.1, 0.15) is 48.0 Å². The van der Waals surface area contributed by atoms with Crippen LogP contribution < -0.4 is 5.73 Å². The molecule has 0 fully saturated rings. The molecule has 3 N–H and O–H groups in total. The fraction of sp³-hybridized carbons (Fsp3) is 0.857. The summed E-state index contributed by atoms with van der Waals surface area (Å²) in [6.45, 7) is 11.6. The number of carbonyl (C=O) groups is 2. The first-order valence-electron chi connectivity index (χ1n) is 6.72. The van der Waals surface area contributed by atoms with Gasteiger partial charge in [-0.2, -0.15) is 0 Å². The molecule has 0 radical (unpaired) electrons. The Bertz CT molecular complexity index is 332. The summed E-state index contributed by atoms with van der Waals surface area (Å²) in [6.07, 6.45) is 0.647. The van der Waals surface area contributed by atoms with Crippen molar-refractivity contribution in [3.63, 3.8) is 0 Å². The normalized spacial score (nSPS) is 14.1. The van der Waals surface area contributed by atoms with Gasteiger partial charge in [0.15, 0.2) is 0 Å². The van der Waals surface area contributed by atoms with Crippen molar-refractivity contribution in [3.8, 4) is 0 Å². The first-order valence-corrected chi connectivity index (χ1v) is 6.72. The molecular weight excluding hydrogens is 244 g/mol. The molecule has 0 rings (SSSR count). The lowest BCUT2D eigenvalue weighted by Gasteiger charge is -2.37. The fourth-order valence-electron chi connectivity index (χ4n) is 2.17. The summed E-state index contributed by atoms with van der Waals surface area (Å²) in [4.78, 5) is 25.2. The van der Waals surface area contributed by atoms with Crippen LogP contribution in [-0.2, 0) is 9.59 Å². The minimum Gasteiger partial charge on any atom is -0.480 e. The second kappa shape index (κ2) is 6.37. The number of nitrogens with zero attached hydrogens (tertiary/aromatic N) is 1. The van der Waals surface area contributed by atoms with Crippen molar-refractivity contribution < 1.29 is 14.7 Å². The molecular formula is C14H28N2O3. The van der Waals surface area contributed by atoms with Crippen LogP contribution in [0, 0.1) is 11.3 Å². The molecule has 0 aromatic heterocycles. The quantitative estimate of drug-likeness (QED) is 0.771. The maximum atomic E-state index is 12.5. The number of carboxylic acids is 1. The predicted octanol–water partition coefficient (Wildman–Crippen LogP) is 1.71. The van der Waals surface area contributed by atoms with Gasteiger partial charge in [-0.1, -0.05) is 20.8 Å². The average molecular weight is 272 g/mol. The Hall–Kier alpha value is -1.10. The zero-order valence-corrected chi connectivity index (χ0v) is 13.0. The van der Waals surface area contributed by atoms with Gasteiger partial charge in [-0.3, -0.25) is 4.79 Å². The molecule has 0 aliphatic rings. The molecule has 0 spiro atoms. The van der Waals surface area contributed by atoms with E-state index in [1.807, 2.05) is 20.8 Å². The van der Waals surface area contributed by atoms with Crippen molar-refractivity contribution in [2.45, 2.75) is 53.5 Å². The molecule has 0 aromatic carbocycles. The van der Waals surface area contributed by atoms with Crippen molar-refractivity contribution in [3.05, 3.63) is 0 Å². The molecule has 19 heavy (non-hydrogen) atoms. The van der Waals surface area contributed by atoms with E-state index in [-0.39, 0.29) is 23.8 Å². The third kappa shape index (κ3) is 4.82. The number of carboxylic acid groups (broad SMARTS) is 1. The molecule has 0 saturated heterocycles. The van der Waals surface area contributed by atoms with Crippen molar-refractivity contribution in [2.24, 2.45) is 17.1 Å². The summed E-state index contributed by atoms with van der Waals surface area (Å²) < 4.78 is 0. The van der Waals surface area contributed by atoms with Gasteiger partial charge in [0.05, 0.1) is 5.92 Å². The van der Waals surface area contributed by atoms with Crippen LogP contribution in [0.3, 0.4) is 0 Å². The summed E-state index contributed by atoms with van der Waals surface area (Å²) in [6, 6.07) is 0. The van der Waals surface area contributed by atoms with E-state index in [2.05, 4.69) is 0 Å². The number of amides is 1. The molecule has 0 aliphatic heterocycles. The number of nitrogens with two attached hydrogens (primary N) is 1. The molecule has 0 aliphatic carbocycles. The Kier molecular flexibility index (Phi) is 6.00. The van der Waals surface area contributed by atoms with Crippen molar-refractivity contribution in [2.75, 3.05) is 13.1 Å². The highest BCUT2D eigenvalue weighted by molar-refractivity contribution is 5.87. The third-order valence-corrected chi connectivity index (χ3v) is 3.27. The number of hydrogen-bond donors (Lipinski definition) is 2. The zero-order chi connectivity index (χ0) is 15.4. The van der Waals surface area contributed by atoms with Gasteiger partial charge >= 0.3 is 5.97 Å². The van der Waals surface area contributed by atoms with Crippen LogP contribution in [0.25, 0.3) is 0 Å². The number of hydrogen-bond acceptors (Lipinski definition) is 3. The maximum Gasteiger partial charge on any atom is 0.329 e. The Morgan fingerprint density at radius 1 is 1.21 bits per heavy atom. The van der Waals surface area contributed by atoms with E-state index in [0.717, 1.165) is 0 Å². The molecule has 0 bridgehead atoms. The van der Waals surface area contributed by atoms with Gasteiger partial charge in [0.2, 0.25) is 5.91 Å². The maximum absolute atomic E-state index is 12.5. The van der Waals surface area contributed by atoms with E-state index in [9.17, 15) is 14.7 Å². The molecule has 5 nitrogen and oxygen atoms in total. The highest BCUT2D eigenvalue weighted by Gasteiger charge is 2.39. The van der Waals surface area contributed by atoms with Crippen molar-refractivity contribution in [1.82, 2.24) is 4.90 Å². The van der Waals surface area contributed by atoms with Gasteiger partial charge in [0, 0.05) is 13.1 Å². The molecule has 0 aromatic rings. The predicted molar refractivity (Wildman–Crippen MR) is 75.7 cm³/mol. The third-order valence-electron chi connectivity index (χ3n) is 3.27.